The van der Waals surface area contributed by atoms with Crippen molar-refractivity contribution in [3.8, 4) is 0 Å². The molecule has 1 aromatic heterocycles. The summed E-state index contributed by atoms with van der Waals surface area (Å²) in [7, 11) is 0. The number of anilines is 2. The van der Waals surface area contributed by atoms with E-state index in [2.05, 4.69) is 44.0 Å². The van der Waals surface area contributed by atoms with Gasteiger partial charge in [0.2, 0.25) is 11.9 Å². The predicted molar refractivity (Wildman–Crippen MR) is 111 cm³/mol. The number of aryl methyl sites for hydroxylation is 1. The number of nitrogen functional groups attached to an aromatic ring is 1. The Morgan fingerprint density at radius 3 is 2.57 bits per heavy atom. The fourth-order valence-electron chi connectivity index (χ4n) is 4.57. The summed E-state index contributed by atoms with van der Waals surface area (Å²) in [5, 5.41) is 0. The molecule has 1 spiro atoms. The van der Waals surface area contributed by atoms with Crippen LogP contribution in [0.2, 0.25) is 0 Å². The van der Waals surface area contributed by atoms with Gasteiger partial charge >= 0.3 is 0 Å². The molecule has 148 valence electrons. The number of aromatic nitrogens is 2. The number of piperidine rings is 2. The molecule has 3 heterocycles. The van der Waals surface area contributed by atoms with Gasteiger partial charge in [-0.05, 0) is 43.6 Å². The zero-order valence-corrected chi connectivity index (χ0v) is 16.6. The SMILES string of the molecule is Cc1cc(N2CCC3(CCC(=O)N(CCc4ccccc4)C3)CC2)nc(N)n1. The van der Waals surface area contributed by atoms with Crippen molar-refractivity contribution in [1.29, 1.82) is 0 Å². The first-order valence-corrected chi connectivity index (χ1v) is 10.2. The summed E-state index contributed by atoms with van der Waals surface area (Å²) >= 11 is 0. The second-order valence-corrected chi connectivity index (χ2v) is 8.26. The van der Waals surface area contributed by atoms with Gasteiger partial charge in [-0.2, -0.15) is 4.98 Å². The Bertz CT molecular complexity index is 810. The van der Waals surface area contributed by atoms with Gasteiger partial charge in [0.1, 0.15) is 5.82 Å². The maximum Gasteiger partial charge on any atom is 0.222 e. The molecule has 0 unspecified atom stereocenters. The van der Waals surface area contributed by atoms with Crippen LogP contribution >= 0.6 is 0 Å². The van der Waals surface area contributed by atoms with Crippen LogP contribution in [-0.4, -0.2) is 47.0 Å². The van der Waals surface area contributed by atoms with Crippen molar-refractivity contribution < 1.29 is 4.79 Å². The van der Waals surface area contributed by atoms with E-state index in [9.17, 15) is 4.79 Å². The lowest BCUT2D eigenvalue weighted by molar-refractivity contribution is -0.138. The minimum absolute atomic E-state index is 0.245. The van der Waals surface area contributed by atoms with E-state index in [4.69, 9.17) is 5.73 Å². The highest BCUT2D eigenvalue weighted by atomic mass is 16.2. The molecule has 0 saturated carbocycles. The van der Waals surface area contributed by atoms with Crippen molar-refractivity contribution in [3.63, 3.8) is 0 Å². The van der Waals surface area contributed by atoms with Crippen LogP contribution in [-0.2, 0) is 11.2 Å². The van der Waals surface area contributed by atoms with E-state index in [1.807, 2.05) is 19.1 Å². The first-order valence-electron chi connectivity index (χ1n) is 10.2. The zero-order chi connectivity index (χ0) is 19.6. The van der Waals surface area contributed by atoms with E-state index >= 15 is 0 Å². The number of amides is 1. The van der Waals surface area contributed by atoms with Crippen LogP contribution < -0.4 is 10.6 Å². The van der Waals surface area contributed by atoms with E-state index in [1.165, 1.54) is 5.56 Å². The molecule has 0 radical (unpaired) electrons. The third-order valence-electron chi connectivity index (χ3n) is 6.27. The first kappa shape index (κ1) is 18.7. The third-order valence-corrected chi connectivity index (χ3v) is 6.27. The van der Waals surface area contributed by atoms with Gasteiger partial charge in [-0.15, -0.1) is 0 Å². The maximum atomic E-state index is 12.5. The zero-order valence-electron chi connectivity index (χ0n) is 16.6. The van der Waals surface area contributed by atoms with Crippen molar-refractivity contribution in [3.05, 3.63) is 47.7 Å². The van der Waals surface area contributed by atoms with Crippen LogP contribution in [0.15, 0.2) is 36.4 Å². The summed E-state index contributed by atoms with van der Waals surface area (Å²) in [6.07, 6.45) is 4.78. The highest BCUT2D eigenvalue weighted by Gasteiger charge is 2.41. The van der Waals surface area contributed by atoms with Gasteiger partial charge in [0.25, 0.3) is 0 Å². The monoisotopic (exact) mass is 379 g/mol. The Morgan fingerprint density at radius 2 is 1.86 bits per heavy atom. The van der Waals surface area contributed by atoms with E-state index in [0.717, 1.165) is 63.4 Å². The molecular weight excluding hydrogens is 350 g/mol. The summed E-state index contributed by atoms with van der Waals surface area (Å²) in [6.45, 7) is 5.56. The van der Waals surface area contributed by atoms with E-state index in [-0.39, 0.29) is 5.41 Å². The van der Waals surface area contributed by atoms with E-state index < -0.39 is 0 Å². The fourth-order valence-corrected chi connectivity index (χ4v) is 4.57. The molecule has 1 aromatic carbocycles. The molecule has 2 aliphatic rings. The van der Waals surface area contributed by atoms with Crippen molar-refractivity contribution in [2.75, 3.05) is 36.8 Å². The van der Waals surface area contributed by atoms with Crippen LogP contribution in [0.5, 0.6) is 0 Å². The number of nitrogens with zero attached hydrogens (tertiary/aromatic N) is 4. The molecule has 0 atom stereocenters. The molecule has 1 amide bonds. The van der Waals surface area contributed by atoms with Gasteiger partial charge < -0.3 is 15.5 Å². The van der Waals surface area contributed by atoms with Crippen LogP contribution in [0.1, 0.15) is 36.9 Å². The number of likely N-dealkylation sites (tertiary alicyclic amines) is 1. The number of rotatable bonds is 4. The Hall–Kier alpha value is -2.63. The summed E-state index contributed by atoms with van der Waals surface area (Å²) in [5.74, 6) is 1.57. The highest BCUT2D eigenvalue weighted by Crippen LogP contribution is 2.41. The Balaban J connectivity index is 1.38. The molecule has 6 nitrogen and oxygen atoms in total. The normalized spacial score (nSPS) is 19.2. The number of hydrogen-bond acceptors (Lipinski definition) is 5. The van der Waals surface area contributed by atoms with Crippen molar-refractivity contribution in [2.45, 2.75) is 39.0 Å². The molecule has 0 bridgehead atoms. The number of carbonyl (C=O) groups excluding carboxylic acids is 1. The molecule has 4 rings (SSSR count). The van der Waals surface area contributed by atoms with Gasteiger partial charge in [0.05, 0.1) is 0 Å². The molecule has 0 aliphatic carbocycles. The number of benzene rings is 1. The smallest absolute Gasteiger partial charge is 0.222 e. The second-order valence-electron chi connectivity index (χ2n) is 8.26. The molecule has 2 N–H and O–H groups in total. The molecule has 28 heavy (non-hydrogen) atoms. The minimum Gasteiger partial charge on any atom is -0.368 e. The average Bonchev–Trinajstić information content (AvgIpc) is 2.69. The number of nitrogens with two attached hydrogens (primary N) is 1. The summed E-state index contributed by atoms with van der Waals surface area (Å²) < 4.78 is 0. The van der Waals surface area contributed by atoms with Crippen LogP contribution in [0.4, 0.5) is 11.8 Å². The predicted octanol–water partition coefficient (Wildman–Crippen LogP) is 2.82. The number of carbonyl (C=O) groups is 1. The van der Waals surface area contributed by atoms with E-state index in [1.54, 1.807) is 0 Å². The van der Waals surface area contributed by atoms with Gasteiger partial charge in [0, 0.05) is 44.4 Å². The lowest BCUT2D eigenvalue weighted by Crippen LogP contribution is -2.52. The Morgan fingerprint density at radius 1 is 1.11 bits per heavy atom. The van der Waals surface area contributed by atoms with Crippen molar-refractivity contribution in [1.82, 2.24) is 14.9 Å². The quantitative estimate of drug-likeness (QED) is 0.884. The lowest BCUT2D eigenvalue weighted by atomic mass is 9.72. The highest BCUT2D eigenvalue weighted by molar-refractivity contribution is 5.77. The lowest BCUT2D eigenvalue weighted by Gasteiger charge is -2.47. The first-order chi connectivity index (χ1) is 13.5. The van der Waals surface area contributed by atoms with Crippen molar-refractivity contribution in [2.24, 2.45) is 5.41 Å². The van der Waals surface area contributed by atoms with Crippen LogP contribution in [0.3, 0.4) is 0 Å². The van der Waals surface area contributed by atoms with Crippen LogP contribution in [0, 0.1) is 12.3 Å². The van der Waals surface area contributed by atoms with Gasteiger partial charge in [-0.3, -0.25) is 4.79 Å². The Labute approximate surface area is 166 Å². The summed E-state index contributed by atoms with van der Waals surface area (Å²) in [5.41, 5.74) is 8.26. The van der Waals surface area contributed by atoms with E-state index in [0.29, 0.717) is 18.3 Å². The summed E-state index contributed by atoms with van der Waals surface area (Å²) in [6, 6.07) is 12.4. The molecule has 2 aromatic rings. The summed E-state index contributed by atoms with van der Waals surface area (Å²) in [4.78, 5) is 25.5. The molecule has 2 fully saturated rings. The average molecular weight is 380 g/mol. The Kier molecular flexibility index (Phi) is 5.20. The third kappa shape index (κ3) is 4.11. The van der Waals surface area contributed by atoms with Crippen LogP contribution in [0.25, 0.3) is 0 Å². The minimum atomic E-state index is 0.245. The molecule has 2 aliphatic heterocycles. The fraction of sp³-hybridized carbons (Fsp3) is 0.500. The van der Waals surface area contributed by atoms with Gasteiger partial charge in [-0.25, -0.2) is 4.98 Å². The topological polar surface area (TPSA) is 75.4 Å². The molecule has 6 heteroatoms. The maximum absolute atomic E-state index is 12.5. The second kappa shape index (κ2) is 7.78. The van der Waals surface area contributed by atoms with Crippen molar-refractivity contribution >= 4 is 17.7 Å². The van der Waals surface area contributed by atoms with Gasteiger partial charge in [0.15, 0.2) is 0 Å². The van der Waals surface area contributed by atoms with Gasteiger partial charge in [-0.1, -0.05) is 30.3 Å². The number of hydrogen-bond donors (Lipinski definition) is 1. The standard InChI is InChI=1S/C22H29N5O/c1-17-15-19(25-21(23)24-17)26-13-10-22(11-14-26)9-7-20(28)27(16-22)12-8-18-5-3-2-4-6-18/h2-6,15H,7-14,16H2,1H3,(H2,23,24,25). The molecule has 2 saturated heterocycles. The molecular formula is C22H29N5O. The largest absolute Gasteiger partial charge is 0.368 e.